The third-order valence-electron chi connectivity index (χ3n) is 2.04. The Labute approximate surface area is 95.0 Å². The van der Waals surface area contributed by atoms with Crippen molar-refractivity contribution in [3.05, 3.63) is 29.6 Å². The second kappa shape index (κ2) is 4.37. The van der Waals surface area contributed by atoms with Crippen LogP contribution in [0.25, 0.3) is 0 Å². The van der Waals surface area contributed by atoms with E-state index in [0.717, 1.165) is 5.75 Å². The molecule has 1 heterocycles. The maximum Gasteiger partial charge on any atom is 0.161 e. The Hall–Kier alpha value is -1.17. The first kappa shape index (κ1) is 11.3. The Morgan fingerprint density at radius 3 is 2.44 bits per heavy atom. The van der Waals surface area contributed by atoms with Gasteiger partial charge in [0.2, 0.25) is 0 Å². The third kappa shape index (κ3) is 2.32. The van der Waals surface area contributed by atoms with Gasteiger partial charge in [0, 0.05) is 17.9 Å². The van der Waals surface area contributed by atoms with Gasteiger partial charge in [0.1, 0.15) is 11.5 Å². The van der Waals surface area contributed by atoms with E-state index in [0.29, 0.717) is 17.3 Å². The predicted molar refractivity (Wildman–Crippen MR) is 59.3 cm³/mol. The number of hydrogen-bond donors (Lipinski definition) is 1. The molecule has 2 rings (SSSR count). The van der Waals surface area contributed by atoms with Crippen molar-refractivity contribution in [1.29, 1.82) is 0 Å². The van der Waals surface area contributed by atoms with Crippen LogP contribution in [0.5, 0.6) is 0 Å². The van der Waals surface area contributed by atoms with E-state index < -0.39 is 17.5 Å². The number of nitrogens with zero attached hydrogens (tertiary/aromatic N) is 1. The summed E-state index contributed by atoms with van der Waals surface area (Å²) in [5, 5.41) is 2.99. The van der Waals surface area contributed by atoms with Gasteiger partial charge in [0.05, 0.1) is 6.04 Å². The van der Waals surface area contributed by atoms with E-state index in [4.69, 9.17) is 0 Å². The van der Waals surface area contributed by atoms with Crippen LogP contribution in [0.4, 0.5) is 18.9 Å². The minimum Gasteiger partial charge on any atom is -0.330 e. The Kier molecular flexibility index (Phi) is 3.09. The number of rotatable bonds is 1. The Morgan fingerprint density at radius 2 is 1.94 bits per heavy atom. The number of nitrogens with one attached hydrogen (secondary N) is 1. The van der Waals surface area contributed by atoms with Crippen molar-refractivity contribution in [2.24, 2.45) is 4.99 Å². The number of amidine groups is 1. The molecule has 0 bridgehead atoms. The minimum atomic E-state index is -0.958. The van der Waals surface area contributed by atoms with Gasteiger partial charge in [-0.15, -0.1) is 0 Å². The van der Waals surface area contributed by atoms with Crippen molar-refractivity contribution in [3.8, 4) is 0 Å². The molecule has 1 aromatic carbocycles. The highest BCUT2D eigenvalue weighted by molar-refractivity contribution is 8.14. The molecular weight excluding hydrogens is 237 g/mol. The molecule has 2 nitrogen and oxygen atoms in total. The minimum absolute atomic E-state index is 0.124. The summed E-state index contributed by atoms with van der Waals surface area (Å²) in [5.74, 6) is -2.08. The largest absolute Gasteiger partial charge is 0.330 e. The predicted octanol–water partition coefficient (Wildman–Crippen LogP) is 3.01. The molecule has 1 atom stereocenters. The van der Waals surface area contributed by atoms with Gasteiger partial charge in [-0.05, 0) is 6.92 Å². The van der Waals surface area contributed by atoms with Gasteiger partial charge in [-0.25, -0.2) is 13.2 Å². The molecule has 16 heavy (non-hydrogen) atoms. The molecule has 0 saturated carbocycles. The van der Waals surface area contributed by atoms with Crippen molar-refractivity contribution in [2.45, 2.75) is 13.0 Å². The highest BCUT2D eigenvalue weighted by Gasteiger charge is 2.18. The van der Waals surface area contributed by atoms with Crippen LogP contribution in [0.1, 0.15) is 6.92 Å². The molecule has 0 aromatic heterocycles. The van der Waals surface area contributed by atoms with E-state index in [2.05, 4.69) is 10.3 Å². The van der Waals surface area contributed by atoms with E-state index in [1.165, 1.54) is 11.8 Å². The van der Waals surface area contributed by atoms with E-state index in [1.807, 2.05) is 6.92 Å². The molecule has 0 fully saturated rings. The molecule has 0 aliphatic carbocycles. The van der Waals surface area contributed by atoms with Crippen LogP contribution in [0, 0.1) is 17.5 Å². The molecule has 1 aromatic rings. The summed E-state index contributed by atoms with van der Waals surface area (Å²) in [6.07, 6.45) is 0. The summed E-state index contributed by atoms with van der Waals surface area (Å²) in [7, 11) is 0. The molecule has 1 aliphatic heterocycles. The van der Waals surface area contributed by atoms with Gasteiger partial charge in [0.25, 0.3) is 0 Å². The SMILES string of the molecule is CC1CSC(Nc2c(F)cc(F)cc2F)=N1. The lowest BCUT2D eigenvalue weighted by Crippen LogP contribution is -2.09. The van der Waals surface area contributed by atoms with Crippen LogP contribution in [0.3, 0.4) is 0 Å². The van der Waals surface area contributed by atoms with Crippen LogP contribution in [-0.4, -0.2) is 17.0 Å². The fraction of sp³-hybridized carbons (Fsp3) is 0.300. The molecule has 0 spiro atoms. The first-order valence-electron chi connectivity index (χ1n) is 4.68. The zero-order chi connectivity index (χ0) is 11.7. The molecule has 1 aliphatic rings. The lowest BCUT2D eigenvalue weighted by molar-refractivity contribution is 0.549. The average Bonchev–Trinajstić information content (AvgIpc) is 2.58. The molecule has 1 N–H and O–H groups in total. The lowest BCUT2D eigenvalue weighted by Gasteiger charge is -2.07. The van der Waals surface area contributed by atoms with E-state index in [-0.39, 0.29) is 11.7 Å². The number of hydrogen-bond acceptors (Lipinski definition) is 3. The summed E-state index contributed by atoms with van der Waals surface area (Å²) in [6.45, 7) is 1.90. The van der Waals surface area contributed by atoms with Crippen LogP contribution in [0.2, 0.25) is 0 Å². The normalized spacial score (nSPS) is 19.8. The smallest absolute Gasteiger partial charge is 0.161 e. The summed E-state index contributed by atoms with van der Waals surface area (Å²) in [6, 6.07) is 1.39. The maximum absolute atomic E-state index is 13.3. The molecule has 0 amide bonds. The topological polar surface area (TPSA) is 24.4 Å². The van der Waals surface area contributed by atoms with Gasteiger partial charge < -0.3 is 5.32 Å². The molecule has 86 valence electrons. The lowest BCUT2D eigenvalue weighted by atomic mass is 10.3. The highest BCUT2D eigenvalue weighted by Crippen LogP contribution is 2.24. The summed E-state index contributed by atoms with van der Waals surface area (Å²) in [4.78, 5) is 4.13. The van der Waals surface area contributed by atoms with Crippen LogP contribution < -0.4 is 5.32 Å². The summed E-state index contributed by atoms with van der Waals surface area (Å²) in [5.41, 5.74) is -0.359. The number of benzene rings is 1. The van der Waals surface area contributed by atoms with E-state index >= 15 is 0 Å². The number of halogens is 3. The van der Waals surface area contributed by atoms with Crippen molar-refractivity contribution < 1.29 is 13.2 Å². The molecule has 1 unspecified atom stereocenters. The second-order valence-electron chi connectivity index (χ2n) is 3.46. The van der Waals surface area contributed by atoms with Crippen molar-refractivity contribution in [2.75, 3.05) is 11.1 Å². The Morgan fingerprint density at radius 1 is 1.31 bits per heavy atom. The Balaban J connectivity index is 2.25. The standard InChI is InChI=1S/C10H9F3N2S/c1-5-4-16-10(14-5)15-9-7(12)2-6(11)3-8(9)13/h2-3,5H,4H2,1H3,(H,14,15). The van der Waals surface area contributed by atoms with Gasteiger partial charge >= 0.3 is 0 Å². The van der Waals surface area contributed by atoms with Crippen LogP contribution in [0.15, 0.2) is 17.1 Å². The third-order valence-corrected chi connectivity index (χ3v) is 3.17. The zero-order valence-electron chi connectivity index (χ0n) is 8.43. The van der Waals surface area contributed by atoms with Crippen LogP contribution in [-0.2, 0) is 0 Å². The fourth-order valence-electron chi connectivity index (χ4n) is 1.31. The van der Waals surface area contributed by atoms with E-state index in [9.17, 15) is 13.2 Å². The van der Waals surface area contributed by atoms with Gasteiger partial charge in [-0.3, -0.25) is 4.99 Å². The molecule has 0 radical (unpaired) electrons. The van der Waals surface area contributed by atoms with Crippen molar-refractivity contribution in [3.63, 3.8) is 0 Å². The van der Waals surface area contributed by atoms with E-state index in [1.54, 1.807) is 0 Å². The van der Waals surface area contributed by atoms with Crippen molar-refractivity contribution >= 4 is 22.6 Å². The van der Waals surface area contributed by atoms with Gasteiger partial charge in [0.15, 0.2) is 16.8 Å². The molecular formula is C10H9F3N2S. The average molecular weight is 246 g/mol. The highest BCUT2D eigenvalue weighted by atomic mass is 32.2. The quantitative estimate of drug-likeness (QED) is 0.823. The number of thioether (sulfide) groups is 1. The first-order valence-corrected chi connectivity index (χ1v) is 5.67. The first-order chi connectivity index (χ1) is 7.56. The van der Waals surface area contributed by atoms with Crippen molar-refractivity contribution in [1.82, 2.24) is 0 Å². The maximum atomic E-state index is 13.3. The van der Waals surface area contributed by atoms with Gasteiger partial charge in [-0.1, -0.05) is 11.8 Å². The molecule has 6 heteroatoms. The molecule has 0 saturated heterocycles. The number of aliphatic imine (C=N–C) groups is 1. The summed E-state index contributed by atoms with van der Waals surface area (Å²) >= 11 is 1.38. The van der Waals surface area contributed by atoms with Gasteiger partial charge in [-0.2, -0.15) is 0 Å². The number of anilines is 1. The second-order valence-corrected chi connectivity index (χ2v) is 4.47. The summed E-state index contributed by atoms with van der Waals surface area (Å²) < 4.78 is 39.2. The monoisotopic (exact) mass is 246 g/mol. The Bertz CT molecular complexity index is 425. The fourth-order valence-corrected chi connectivity index (χ4v) is 2.21. The van der Waals surface area contributed by atoms with Crippen LogP contribution >= 0.6 is 11.8 Å². The zero-order valence-corrected chi connectivity index (χ0v) is 9.25.